The number of alkyl halides is 3. The first-order valence-corrected chi connectivity index (χ1v) is 6.81. The zero-order valence-electron chi connectivity index (χ0n) is 12.2. The SMILES string of the molecule is Nc1ccc(Oc2ccnc(-c3ccnc(C(F)(F)F)c3)c2)cn1. The lowest BCUT2D eigenvalue weighted by molar-refractivity contribution is -0.141. The van der Waals surface area contributed by atoms with Crippen molar-refractivity contribution in [2.75, 3.05) is 5.73 Å². The third kappa shape index (κ3) is 3.60. The van der Waals surface area contributed by atoms with Crippen LogP contribution in [0.25, 0.3) is 11.3 Å². The van der Waals surface area contributed by atoms with Crippen LogP contribution in [0.15, 0.2) is 55.0 Å². The Hall–Kier alpha value is -3.16. The standard InChI is InChI=1S/C16H11F3N4O/c17-16(18,19)14-7-10(3-5-22-14)13-8-11(4-6-21-13)24-12-1-2-15(20)23-9-12/h1-9H,(H2,20,23). The maximum absolute atomic E-state index is 12.8. The van der Waals surface area contributed by atoms with Crippen molar-refractivity contribution in [3.63, 3.8) is 0 Å². The molecule has 0 saturated heterocycles. The highest BCUT2D eigenvalue weighted by Gasteiger charge is 2.32. The van der Waals surface area contributed by atoms with Crippen molar-refractivity contribution in [2.45, 2.75) is 6.18 Å². The third-order valence-electron chi connectivity index (χ3n) is 3.07. The molecule has 3 aromatic rings. The van der Waals surface area contributed by atoms with Crippen LogP contribution < -0.4 is 10.5 Å². The molecule has 0 spiro atoms. The maximum atomic E-state index is 12.8. The van der Waals surface area contributed by atoms with E-state index in [2.05, 4.69) is 15.0 Å². The number of hydrogen-bond acceptors (Lipinski definition) is 5. The number of ether oxygens (including phenoxy) is 1. The van der Waals surface area contributed by atoms with E-state index in [0.29, 0.717) is 28.6 Å². The molecule has 5 nitrogen and oxygen atoms in total. The molecule has 3 heterocycles. The van der Waals surface area contributed by atoms with Crippen LogP contribution in [0.2, 0.25) is 0 Å². The number of hydrogen-bond donors (Lipinski definition) is 1. The van der Waals surface area contributed by atoms with Crippen molar-refractivity contribution >= 4 is 5.82 Å². The van der Waals surface area contributed by atoms with E-state index in [4.69, 9.17) is 10.5 Å². The topological polar surface area (TPSA) is 73.9 Å². The number of rotatable bonds is 3. The first kappa shape index (κ1) is 15.7. The molecule has 3 aromatic heterocycles. The number of anilines is 1. The van der Waals surface area contributed by atoms with E-state index in [1.807, 2.05) is 0 Å². The van der Waals surface area contributed by atoms with Crippen LogP contribution >= 0.6 is 0 Å². The van der Waals surface area contributed by atoms with Gasteiger partial charge in [-0.3, -0.25) is 9.97 Å². The summed E-state index contributed by atoms with van der Waals surface area (Å²) in [5.41, 5.74) is 5.15. The molecule has 0 aromatic carbocycles. The number of nitrogens with two attached hydrogens (primary N) is 1. The van der Waals surface area contributed by atoms with Crippen LogP contribution in [0.3, 0.4) is 0 Å². The lowest BCUT2D eigenvalue weighted by Crippen LogP contribution is -2.07. The second kappa shape index (κ2) is 6.15. The molecule has 0 fully saturated rings. The van der Waals surface area contributed by atoms with Crippen molar-refractivity contribution in [1.82, 2.24) is 15.0 Å². The Morgan fingerprint density at radius 3 is 2.38 bits per heavy atom. The summed E-state index contributed by atoms with van der Waals surface area (Å²) in [6, 6.07) is 8.73. The van der Waals surface area contributed by atoms with Crippen LogP contribution in [0.1, 0.15) is 5.69 Å². The highest BCUT2D eigenvalue weighted by molar-refractivity contribution is 5.61. The summed E-state index contributed by atoms with van der Waals surface area (Å²) in [5.74, 6) is 1.22. The molecule has 0 saturated carbocycles. The zero-order valence-corrected chi connectivity index (χ0v) is 12.2. The van der Waals surface area contributed by atoms with E-state index in [0.717, 1.165) is 12.3 Å². The molecule has 122 valence electrons. The summed E-state index contributed by atoms with van der Waals surface area (Å²) in [5, 5.41) is 0. The minimum Gasteiger partial charge on any atom is -0.456 e. The van der Waals surface area contributed by atoms with Crippen molar-refractivity contribution in [2.24, 2.45) is 0 Å². The van der Waals surface area contributed by atoms with Gasteiger partial charge in [-0.05, 0) is 30.3 Å². The van der Waals surface area contributed by atoms with Crippen LogP contribution in [0.4, 0.5) is 19.0 Å². The van der Waals surface area contributed by atoms with Crippen molar-refractivity contribution in [3.8, 4) is 22.8 Å². The molecule has 24 heavy (non-hydrogen) atoms. The highest BCUT2D eigenvalue weighted by atomic mass is 19.4. The molecule has 0 atom stereocenters. The van der Waals surface area contributed by atoms with E-state index in [1.54, 1.807) is 18.2 Å². The Bertz CT molecular complexity index is 850. The summed E-state index contributed by atoms with van der Waals surface area (Å²) >= 11 is 0. The van der Waals surface area contributed by atoms with Gasteiger partial charge in [0, 0.05) is 24.0 Å². The fourth-order valence-electron chi connectivity index (χ4n) is 1.97. The van der Waals surface area contributed by atoms with E-state index < -0.39 is 11.9 Å². The fourth-order valence-corrected chi connectivity index (χ4v) is 1.97. The minimum absolute atomic E-state index is 0.290. The molecule has 8 heteroatoms. The van der Waals surface area contributed by atoms with E-state index in [-0.39, 0.29) is 0 Å². The Labute approximate surface area is 135 Å². The average Bonchev–Trinajstić information content (AvgIpc) is 2.57. The predicted octanol–water partition coefficient (Wildman–Crippen LogP) is 3.93. The number of nitrogen functional groups attached to an aromatic ring is 1. The van der Waals surface area contributed by atoms with Gasteiger partial charge in [0.15, 0.2) is 0 Å². The summed E-state index contributed by atoms with van der Waals surface area (Å²) in [7, 11) is 0. The maximum Gasteiger partial charge on any atom is 0.433 e. The molecule has 0 amide bonds. The number of aromatic nitrogens is 3. The zero-order chi connectivity index (χ0) is 17.2. The summed E-state index contributed by atoms with van der Waals surface area (Å²) in [4.78, 5) is 11.3. The quantitative estimate of drug-likeness (QED) is 0.786. The minimum atomic E-state index is -4.51. The van der Waals surface area contributed by atoms with Gasteiger partial charge in [-0.2, -0.15) is 13.2 Å². The van der Waals surface area contributed by atoms with Crippen molar-refractivity contribution in [1.29, 1.82) is 0 Å². The molecule has 2 N–H and O–H groups in total. The van der Waals surface area contributed by atoms with Crippen molar-refractivity contribution < 1.29 is 17.9 Å². The molecular weight excluding hydrogens is 321 g/mol. The normalized spacial score (nSPS) is 11.3. The van der Waals surface area contributed by atoms with Gasteiger partial charge in [-0.25, -0.2) is 4.98 Å². The highest BCUT2D eigenvalue weighted by Crippen LogP contribution is 2.31. The van der Waals surface area contributed by atoms with Gasteiger partial charge < -0.3 is 10.5 Å². The molecule has 0 aliphatic rings. The molecule has 0 bridgehead atoms. The Balaban J connectivity index is 1.89. The molecular formula is C16H11F3N4O. The second-order valence-corrected chi connectivity index (χ2v) is 4.83. The first-order valence-electron chi connectivity index (χ1n) is 6.81. The molecule has 0 aliphatic carbocycles. The van der Waals surface area contributed by atoms with E-state index in [9.17, 15) is 13.2 Å². The largest absolute Gasteiger partial charge is 0.456 e. The Kier molecular flexibility index (Phi) is 4.03. The summed E-state index contributed by atoms with van der Waals surface area (Å²) < 4.78 is 43.9. The summed E-state index contributed by atoms with van der Waals surface area (Å²) in [6.07, 6.45) is -0.524. The van der Waals surface area contributed by atoms with Gasteiger partial charge >= 0.3 is 6.18 Å². The molecule has 3 rings (SSSR count). The Morgan fingerprint density at radius 1 is 0.875 bits per heavy atom. The van der Waals surface area contributed by atoms with Gasteiger partial charge in [0.2, 0.25) is 0 Å². The van der Waals surface area contributed by atoms with Crippen LogP contribution in [-0.4, -0.2) is 15.0 Å². The van der Waals surface area contributed by atoms with Gasteiger partial charge in [0.25, 0.3) is 0 Å². The van der Waals surface area contributed by atoms with Crippen LogP contribution in [-0.2, 0) is 6.18 Å². The summed E-state index contributed by atoms with van der Waals surface area (Å²) in [6.45, 7) is 0. The van der Waals surface area contributed by atoms with Crippen LogP contribution in [0.5, 0.6) is 11.5 Å². The van der Waals surface area contributed by atoms with Gasteiger partial charge in [0.05, 0.1) is 11.9 Å². The Morgan fingerprint density at radius 2 is 1.67 bits per heavy atom. The van der Waals surface area contributed by atoms with Gasteiger partial charge in [-0.15, -0.1) is 0 Å². The fraction of sp³-hybridized carbons (Fsp3) is 0.0625. The molecule has 0 aliphatic heterocycles. The lowest BCUT2D eigenvalue weighted by atomic mass is 10.1. The molecule has 0 unspecified atom stereocenters. The predicted molar refractivity (Wildman–Crippen MR) is 81.2 cm³/mol. The van der Waals surface area contributed by atoms with E-state index >= 15 is 0 Å². The van der Waals surface area contributed by atoms with Gasteiger partial charge in [-0.1, -0.05) is 0 Å². The second-order valence-electron chi connectivity index (χ2n) is 4.83. The molecule has 0 radical (unpaired) electrons. The smallest absolute Gasteiger partial charge is 0.433 e. The third-order valence-corrected chi connectivity index (χ3v) is 3.07. The van der Waals surface area contributed by atoms with Crippen molar-refractivity contribution in [3.05, 3.63) is 60.7 Å². The van der Waals surface area contributed by atoms with E-state index in [1.165, 1.54) is 24.5 Å². The monoisotopic (exact) mass is 332 g/mol. The average molecular weight is 332 g/mol. The van der Waals surface area contributed by atoms with Gasteiger partial charge in [0.1, 0.15) is 23.0 Å². The first-order chi connectivity index (χ1) is 11.4. The lowest BCUT2D eigenvalue weighted by Gasteiger charge is -2.09. The number of pyridine rings is 3. The number of nitrogens with zero attached hydrogens (tertiary/aromatic N) is 3. The number of halogens is 3. The van der Waals surface area contributed by atoms with Crippen LogP contribution in [0, 0.1) is 0 Å².